The number of hydrogen-bond acceptors (Lipinski definition) is 4. The molecule has 0 amide bonds. The Labute approximate surface area is 256 Å². The van der Waals surface area contributed by atoms with Gasteiger partial charge >= 0.3 is 0 Å². The van der Waals surface area contributed by atoms with Crippen molar-refractivity contribution < 1.29 is 4.74 Å². The first-order chi connectivity index (χ1) is 21.5. The lowest BCUT2D eigenvalue weighted by molar-refractivity contribution is 0.423. The van der Waals surface area contributed by atoms with Crippen molar-refractivity contribution >= 4 is 10.8 Å². The summed E-state index contributed by atoms with van der Waals surface area (Å²) < 4.78 is 6.59. The zero-order valence-electron chi connectivity index (χ0n) is 24.5. The highest BCUT2D eigenvalue weighted by Crippen LogP contribution is 2.51. The largest absolute Gasteiger partial charge is 0.456 e. The summed E-state index contributed by atoms with van der Waals surface area (Å²) in [6.07, 6.45) is 0. The third-order valence-electron chi connectivity index (χ3n) is 8.57. The number of nitrogens with zero attached hydrogens (tertiary/aromatic N) is 3. The molecule has 0 saturated carbocycles. The smallest absolute Gasteiger partial charge is 0.164 e. The van der Waals surface area contributed by atoms with Gasteiger partial charge in [0.05, 0.1) is 0 Å². The van der Waals surface area contributed by atoms with Crippen molar-refractivity contribution in [2.75, 3.05) is 0 Å². The van der Waals surface area contributed by atoms with Crippen LogP contribution < -0.4 is 4.74 Å². The van der Waals surface area contributed by atoms with Gasteiger partial charge in [0, 0.05) is 38.6 Å². The van der Waals surface area contributed by atoms with E-state index in [2.05, 4.69) is 92.7 Å². The third kappa shape index (κ3) is 4.43. The van der Waals surface area contributed by atoms with Crippen molar-refractivity contribution in [3.63, 3.8) is 0 Å². The Morgan fingerprint density at radius 3 is 1.73 bits per heavy atom. The minimum atomic E-state index is -0.232. The van der Waals surface area contributed by atoms with Gasteiger partial charge in [-0.3, -0.25) is 0 Å². The highest BCUT2D eigenvalue weighted by molar-refractivity contribution is 5.91. The van der Waals surface area contributed by atoms with E-state index < -0.39 is 0 Å². The Kier molecular flexibility index (Phi) is 6.09. The SMILES string of the molecule is CC1(C)c2cc(-c3cccc(-c4nc(-c5ccccc5)nc(-c5ccccc5)n4)c3)ccc2Oc2c1ccc1ccccc21. The van der Waals surface area contributed by atoms with Crippen molar-refractivity contribution in [3.8, 4) is 56.8 Å². The fourth-order valence-electron chi connectivity index (χ4n) is 6.16. The quantitative estimate of drug-likeness (QED) is 0.212. The van der Waals surface area contributed by atoms with Gasteiger partial charge in [-0.15, -0.1) is 0 Å². The van der Waals surface area contributed by atoms with Crippen LogP contribution in [0.5, 0.6) is 11.5 Å². The summed E-state index contributed by atoms with van der Waals surface area (Å²) in [5.74, 6) is 3.80. The Balaban J connectivity index is 1.21. The molecule has 4 nitrogen and oxygen atoms in total. The third-order valence-corrected chi connectivity index (χ3v) is 8.57. The molecule has 0 N–H and O–H groups in total. The van der Waals surface area contributed by atoms with Gasteiger partial charge in [0.25, 0.3) is 0 Å². The van der Waals surface area contributed by atoms with E-state index >= 15 is 0 Å². The van der Waals surface area contributed by atoms with Gasteiger partial charge in [-0.25, -0.2) is 15.0 Å². The zero-order valence-corrected chi connectivity index (χ0v) is 24.5. The number of fused-ring (bicyclic) bond motifs is 4. The summed E-state index contributed by atoms with van der Waals surface area (Å²) in [6, 6.07) is 47.9. The molecule has 1 aromatic heterocycles. The molecule has 1 aliphatic heterocycles. The van der Waals surface area contributed by atoms with E-state index in [-0.39, 0.29) is 5.41 Å². The molecular weight excluding hydrogens is 538 g/mol. The number of hydrogen-bond donors (Lipinski definition) is 0. The second-order valence-electron chi connectivity index (χ2n) is 11.7. The predicted molar refractivity (Wildman–Crippen MR) is 178 cm³/mol. The Bertz CT molecular complexity index is 2110. The van der Waals surface area contributed by atoms with Crippen LogP contribution in [-0.2, 0) is 5.41 Å². The highest BCUT2D eigenvalue weighted by atomic mass is 16.5. The van der Waals surface area contributed by atoms with Crippen molar-refractivity contribution in [1.29, 1.82) is 0 Å². The molecule has 4 heteroatoms. The molecule has 0 aliphatic carbocycles. The molecule has 0 atom stereocenters. The topological polar surface area (TPSA) is 47.9 Å². The Hall–Kier alpha value is -5.61. The van der Waals surface area contributed by atoms with E-state index in [1.54, 1.807) is 0 Å². The first-order valence-corrected chi connectivity index (χ1v) is 14.9. The maximum absolute atomic E-state index is 6.59. The first-order valence-electron chi connectivity index (χ1n) is 14.9. The molecule has 7 aromatic rings. The lowest BCUT2D eigenvalue weighted by Crippen LogP contribution is -2.24. The lowest BCUT2D eigenvalue weighted by Gasteiger charge is -2.35. The van der Waals surface area contributed by atoms with Crippen molar-refractivity contribution in [2.24, 2.45) is 0 Å². The fourth-order valence-corrected chi connectivity index (χ4v) is 6.16. The standard InChI is InChI=1S/C40H29N3O/c1-40(2)33-22-20-26-12-9-10-19-32(26)36(33)44-35-23-21-30(25-34(35)40)29-17-11-18-31(24-29)39-42-37(27-13-5-3-6-14-27)41-38(43-39)28-15-7-4-8-16-28/h3-25H,1-2H3. The number of rotatable bonds is 4. The van der Waals surface area contributed by atoms with Gasteiger partial charge in [-0.2, -0.15) is 0 Å². The summed E-state index contributed by atoms with van der Waals surface area (Å²) in [5, 5.41) is 2.32. The van der Waals surface area contributed by atoms with Crippen LogP contribution in [0, 0.1) is 0 Å². The van der Waals surface area contributed by atoms with E-state index in [1.807, 2.05) is 60.7 Å². The maximum Gasteiger partial charge on any atom is 0.164 e. The molecule has 0 radical (unpaired) electrons. The zero-order chi connectivity index (χ0) is 29.7. The lowest BCUT2D eigenvalue weighted by atomic mass is 9.74. The van der Waals surface area contributed by atoms with Crippen LogP contribution in [0.2, 0.25) is 0 Å². The van der Waals surface area contributed by atoms with Crippen molar-refractivity contribution in [2.45, 2.75) is 19.3 Å². The average molecular weight is 568 g/mol. The molecule has 8 rings (SSSR count). The van der Waals surface area contributed by atoms with Crippen LogP contribution in [0.4, 0.5) is 0 Å². The van der Waals surface area contributed by atoms with Crippen LogP contribution in [0.1, 0.15) is 25.0 Å². The van der Waals surface area contributed by atoms with Gasteiger partial charge in [0.15, 0.2) is 17.5 Å². The van der Waals surface area contributed by atoms with Crippen molar-refractivity contribution in [3.05, 3.63) is 151 Å². The van der Waals surface area contributed by atoms with Gasteiger partial charge < -0.3 is 4.74 Å². The Morgan fingerprint density at radius 2 is 1.02 bits per heavy atom. The van der Waals surface area contributed by atoms with Gasteiger partial charge in [-0.1, -0.05) is 135 Å². The highest BCUT2D eigenvalue weighted by Gasteiger charge is 2.35. The van der Waals surface area contributed by atoms with Gasteiger partial charge in [0.1, 0.15) is 11.5 Å². The van der Waals surface area contributed by atoms with E-state index in [0.29, 0.717) is 17.5 Å². The van der Waals surface area contributed by atoms with Crippen molar-refractivity contribution in [1.82, 2.24) is 15.0 Å². The summed E-state index contributed by atoms with van der Waals surface area (Å²) in [5.41, 5.74) is 7.18. The molecular formula is C40H29N3O. The van der Waals surface area contributed by atoms with E-state index in [4.69, 9.17) is 19.7 Å². The number of aromatic nitrogens is 3. The summed E-state index contributed by atoms with van der Waals surface area (Å²) in [6.45, 7) is 4.56. The molecule has 6 aromatic carbocycles. The van der Waals surface area contributed by atoms with Crippen LogP contribution >= 0.6 is 0 Å². The first kappa shape index (κ1) is 26.1. The number of benzene rings is 6. The normalized spacial score (nSPS) is 13.1. The fraction of sp³-hybridized carbons (Fsp3) is 0.0750. The molecule has 44 heavy (non-hydrogen) atoms. The van der Waals surface area contributed by atoms with Crippen LogP contribution in [0.3, 0.4) is 0 Å². The molecule has 210 valence electrons. The average Bonchev–Trinajstić information content (AvgIpc) is 3.09. The summed E-state index contributed by atoms with van der Waals surface area (Å²) in [4.78, 5) is 14.7. The van der Waals surface area contributed by atoms with Crippen LogP contribution in [-0.4, -0.2) is 15.0 Å². The summed E-state index contributed by atoms with van der Waals surface area (Å²) in [7, 11) is 0. The van der Waals surface area contributed by atoms with Crippen LogP contribution in [0.15, 0.2) is 140 Å². The molecule has 0 fully saturated rings. The van der Waals surface area contributed by atoms with Gasteiger partial charge in [0.2, 0.25) is 0 Å². The molecule has 0 saturated heterocycles. The molecule has 0 unspecified atom stereocenters. The Morgan fingerprint density at radius 1 is 0.455 bits per heavy atom. The van der Waals surface area contributed by atoms with Crippen LogP contribution in [0.25, 0.3) is 56.1 Å². The van der Waals surface area contributed by atoms with Gasteiger partial charge in [-0.05, 0) is 34.7 Å². The minimum absolute atomic E-state index is 0.232. The van der Waals surface area contributed by atoms with E-state index in [9.17, 15) is 0 Å². The molecule has 0 bridgehead atoms. The monoisotopic (exact) mass is 567 g/mol. The van der Waals surface area contributed by atoms with E-state index in [0.717, 1.165) is 44.7 Å². The maximum atomic E-state index is 6.59. The minimum Gasteiger partial charge on any atom is -0.456 e. The molecule has 0 spiro atoms. The second-order valence-corrected chi connectivity index (χ2v) is 11.7. The number of ether oxygens (including phenoxy) is 1. The summed E-state index contributed by atoms with van der Waals surface area (Å²) >= 11 is 0. The molecule has 1 aliphatic rings. The molecule has 2 heterocycles. The van der Waals surface area contributed by atoms with E-state index in [1.165, 1.54) is 16.5 Å². The predicted octanol–water partition coefficient (Wildman–Crippen LogP) is 10.1. The second kappa shape index (κ2) is 10.3.